The summed E-state index contributed by atoms with van der Waals surface area (Å²) in [4.78, 5) is 7.41. The molecule has 0 radical (unpaired) electrons. The average molecular weight is 560 g/mol. The van der Waals surface area contributed by atoms with E-state index in [1.165, 1.54) is 0 Å². The summed E-state index contributed by atoms with van der Waals surface area (Å²) in [7, 11) is 0. The molecule has 5 heteroatoms. The summed E-state index contributed by atoms with van der Waals surface area (Å²) < 4.78 is 4.49. The van der Waals surface area contributed by atoms with Crippen molar-refractivity contribution in [1.82, 2.24) is 9.13 Å². The van der Waals surface area contributed by atoms with Gasteiger partial charge in [-0.2, -0.15) is 5.26 Å². The van der Waals surface area contributed by atoms with Crippen LogP contribution < -0.4 is 0 Å². The van der Waals surface area contributed by atoms with Crippen molar-refractivity contribution in [3.05, 3.63) is 156 Å². The summed E-state index contributed by atoms with van der Waals surface area (Å²) in [5.41, 5.74) is 9.82. The predicted octanol–water partition coefficient (Wildman–Crippen LogP) is 10.5. The molecule has 0 aliphatic heterocycles. The van der Waals surface area contributed by atoms with Crippen LogP contribution in [-0.2, 0) is 0 Å². The lowest BCUT2D eigenvalue weighted by molar-refractivity contribution is 1.17. The smallest absolute Gasteiger partial charge is 0.189 e. The second-order valence-electron chi connectivity index (χ2n) is 10.7. The van der Waals surface area contributed by atoms with Crippen LogP contribution in [-0.4, -0.2) is 9.13 Å². The number of benzene rings is 6. The molecule has 8 aromatic rings. The topological polar surface area (TPSA) is 42.4 Å². The first-order valence-electron chi connectivity index (χ1n) is 14.2. The van der Waals surface area contributed by atoms with E-state index < -0.39 is 0 Å². The van der Waals surface area contributed by atoms with Crippen LogP contribution in [0.2, 0.25) is 0 Å². The first-order valence-corrected chi connectivity index (χ1v) is 14.2. The van der Waals surface area contributed by atoms with Gasteiger partial charge in [0.15, 0.2) is 11.4 Å². The highest BCUT2D eigenvalue weighted by Gasteiger charge is 2.21. The number of rotatable bonds is 3. The summed E-state index contributed by atoms with van der Waals surface area (Å²) in [5.74, 6) is 0. The second kappa shape index (κ2) is 9.74. The first kappa shape index (κ1) is 25.1. The summed E-state index contributed by atoms with van der Waals surface area (Å²) >= 11 is 0. The summed E-state index contributed by atoms with van der Waals surface area (Å²) in [6.45, 7) is 15.3. The largest absolute Gasteiger partial charge is 0.310 e. The van der Waals surface area contributed by atoms with Gasteiger partial charge in [-0.3, -0.25) is 0 Å². The van der Waals surface area contributed by atoms with Crippen molar-refractivity contribution in [2.75, 3.05) is 0 Å². The molecule has 6 aromatic carbocycles. The van der Waals surface area contributed by atoms with Crippen LogP contribution in [0.5, 0.6) is 0 Å². The maximum Gasteiger partial charge on any atom is 0.189 e. The van der Waals surface area contributed by atoms with Gasteiger partial charge in [-0.05, 0) is 60.0 Å². The number of para-hydroxylation sites is 3. The number of hydrogen-bond donors (Lipinski definition) is 0. The number of hydrogen-bond acceptors (Lipinski definition) is 1. The molecule has 2 heterocycles. The van der Waals surface area contributed by atoms with E-state index in [2.05, 4.69) is 79.5 Å². The molecule has 0 spiro atoms. The maximum absolute atomic E-state index is 9.64. The quantitative estimate of drug-likeness (QED) is 0.199. The van der Waals surface area contributed by atoms with E-state index in [9.17, 15) is 5.26 Å². The second-order valence-corrected chi connectivity index (χ2v) is 10.7. The number of fused-ring (bicyclic) bond motifs is 6. The monoisotopic (exact) mass is 559 g/mol. The minimum absolute atomic E-state index is 0.565. The van der Waals surface area contributed by atoms with Crippen LogP contribution >= 0.6 is 0 Å². The Labute approximate surface area is 253 Å². The highest BCUT2D eigenvalue weighted by molar-refractivity contribution is 6.16. The van der Waals surface area contributed by atoms with Gasteiger partial charge in [0.25, 0.3) is 0 Å². The lowest BCUT2D eigenvalue weighted by Gasteiger charge is -2.17. The summed E-state index contributed by atoms with van der Waals surface area (Å²) in [6.07, 6.45) is 0. The van der Waals surface area contributed by atoms with E-state index in [1.54, 1.807) is 0 Å². The molecular formula is C39H21N5. The molecule has 44 heavy (non-hydrogen) atoms. The third kappa shape index (κ3) is 3.63. The molecule has 0 saturated heterocycles. The Kier molecular flexibility index (Phi) is 5.56. The lowest BCUT2D eigenvalue weighted by Crippen LogP contribution is -1.99. The Morgan fingerprint density at radius 3 is 2.05 bits per heavy atom. The molecule has 0 unspecified atom stereocenters. The minimum Gasteiger partial charge on any atom is -0.310 e. The Morgan fingerprint density at radius 1 is 0.523 bits per heavy atom. The van der Waals surface area contributed by atoms with Gasteiger partial charge in [0.1, 0.15) is 0 Å². The number of nitriles is 1. The van der Waals surface area contributed by atoms with E-state index >= 15 is 0 Å². The van der Waals surface area contributed by atoms with Gasteiger partial charge in [0, 0.05) is 33.0 Å². The molecule has 0 aliphatic carbocycles. The van der Waals surface area contributed by atoms with Gasteiger partial charge >= 0.3 is 0 Å². The van der Waals surface area contributed by atoms with E-state index in [4.69, 9.17) is 13.1 Å². The van der Waals surface area contributed by atoms with Crippen molar-refractivity contribution in [3.8, 4) is 28.6 Å². The Bertz CT molecular complexity index is 2600. The van der Waals surface area contributed by atoms with Crippen molar-refractivity contribution in [1.29, 1.82) is 5.26 Å². The van der Waals surface area contributed by atoms with Gasteiger partial charge in [-0.25, -0.2) is 9.69 Å². The molecule has 0 aliphatic rings. The molecule has 0 fully saturated rings. The zero-order valence-corrected chi connectivity index (χ0v) is 23.4. The normalized spacial score (nSPS) is 11.1. The van der Waals surface area contributed by atoms with Crippen molar-refractivity contribution in [2.45, 2.75) is 0 Å². The van der Waals surface area contributed by atoms with E-state index in [0.29, 0.717) is 16.9 Å². The molecular weight excluding hydrogens is 538 g/mol. The molecule has 2 aromatic heterocycles. The molecule has 202 valence electrons. The fourth-order valence-electron chi connectivity index (χ4n) is 6.51. The van der Waals surface area contributed by atoms with Crippen LogP contribution in [0.4, 0.5) is 11.4 Å². The fourth-order valence-corrected chi connectivity index (χ4v) is 6.51. The molecule has 0 saturated carbocycles. The standard InChI is InChI=1S/C39H21N5/c1-41-26-9-7-10-28(22-26)43-37-20-18-27(42-2)23-34(37)32-14-8-13-31(39(32)43)29-11-3-5-15-35(29)44-36-16-6-4-12-30(36)33-21-25(24-40)17-19-38(33)44/h3-23H. The first-order chi connectivity index (χ1) is 21.7. The minimum atomic E-state index is 0.565. The third-order valence-corrected chi connectivity index (χ3v) is 8.35. The van der Waals surface area contributed by atoms with Crippen LogP contribution in [0.3, 0.4) is 0 Å². The maximum atomic E-state index is 9.64. The van der Waals surface area contributed by atoms with Crippen molar-refractivity contribution in [2.24, 2.45) is 0 Å². The Hall–Kier alpha value is -6.61. The van der Waals surface area contributed by atoms with Gasteiger partial charge < -0.3 is 9.13 Å². The molecule has 0 atom stereocenters. The number of aromatic nitrogens is 2. The zero-order valence-electron chi connectivity index (χ0n) is 23.4. The molecule has 0 bridgehead atoms. The molecule has 5 nitrogen and oxygen atoms in total. The fraction of sp³-hybridized carbons (Fsp3) is 0. The lowest BCUT2D eigenvalue weighted by atomic mass is 9.99. The van der Waals surface area contributed by atoms with Gasteiger partial charge in [-0.1, -0.05) is 72.8 Å². The average Bonchev–Trinajstić information content (AvgIpc) is 3.60. The van der Waals surface area contributed by atoms with Crippen molar-refractivity contribution >= 4 is 55.0 Å². The van der Waals surface area contributed by atoms with Crippen molar-refractivity contribution < 1.29 is 0 Å². The van der Waals surface area contributed by atoms with Crippen LogP contribution in [0.15, 0.2) is 127 Å². The predicted molar refractivity (Wildman–Crippen MR) is 178 cm³/mol. The van der Waals surface area contributed by atoms with E-state index in [0.717, 1.165) is 66.1 Å². The molecule has 0 N–H and O–H groups in total. The van der Waals surface area contributed by atoms with Gasteiger partial charge in [-0.15, -0.1) is 0 Å². The van der Waals surface area contributed by atoms with Gasteiger partial charge in [0.2, 0.25) is 0 Å². The SMILES string of the molecule is [C-]#[N+]c1cccc(-n2c3ccc([N+]#[C-])cc3c3cccc(-c4ccccc4-n4c5ccccc5c5cc(C#N)ccc54)c32)c1. The van der Waals surface area contributed by atoms with Gasteiger partial charge in [0.05, 0.1) is 52.5 Å². The van der Waals surface area contributed by atoms with Crippen LogP contribution in [0.1, 0.15) is 5.56 Å². The highest BCUT2D eigenvalue weighted by Crippen LogP contribution is 2.43. The Balaban J connectivity index is 1.51. The Morgan fingerprint density at radius 2 is 1.18 bits per heavy atom. The molecule has 8 rings (SSSR count). The zero-order chi connectivity index (χ0) is 29.8. The van der Waals surface area contributed by atoms with Crippen LogP contribution in [0, 0.1) is 24.5 Å². The summed E-state index contributed by atoms with van der Waals surface area (Å²) in [6, 6.07) is 44.7. The van der Waals surface area contributed by atoms with Crippen molar-refractivity contribution in [3.63, 3.8) is 0 Å². The van der Waals surface area contributed by atoms with Crippen LogP contribution in [0.25, 0.3) is 75.8 Å². The highest BCUT2D eigenvalue weighted by atomic mass is 15.0. The van der Waals surface area contributed by atoms with E-state index in [1.807, 2.05) is 72.8 Å². The molecule has 0 amide bonds. The third-order valence-electron chi connectivity index (χ3n) is 8.35. The number of nitrogens with zero attached hydrogens (tertiary/aromatic N) is 5. The summed E-state index contributed by atoms with van der Waals surface area (Å²) in [5, 5.41) is 13.8. The van der Waals surface area contributed by atoms with E-state index in [-0.39, 0.29) is 0 Å².